The number of rotatable bonds is 6. The van der Waals surface area contributed by atoms with E-state index in [0.717, 1.165) is 12.1 Å². The molecule has 1 aromatic carbocycles. The molecule has 0 spiro atoms. The van der Waals surface area contributed by atoms with Gasteiger partial charge in [0.05, 0.1) is 12.2 Å². The number of alkyl halides is 3. The van der Waals surface area contributed by atoms with Crippen LogP contribution in [-0.4, -0.2) is 67.5 Å². The van der Waals surface area contributed by atoms with E-state index in [1.54, 1.807) is 24.1 Å². The van der Waals surface area contributed by atoms with Crippen molar-refractivity contribution in [1.82, 2.24) is 15.1 Å². The summed E-state index contributed by atoms with van der Waals surface area (Å²) >= 11 is 0. The van der Waals surface area contributed by atoms with Crippen molar-refractivity contribution in [2.75, 3.05) is 51.4 Å². The van der Waals surface area contributed by atoms with Crippen LogP contribution < -0.4 is 9.64 Å². The lowest BCUT2D eigenvalue weighted by molar-refractivity contribution is -0.137. The highest BCUT2D eigenvalue weighted by Gasteiger charge is 2.31. The maximum Gasteiger partial charge on any atom is 0.416 e. The van der Waals surface area contributed by atoms with Gasteiger partial charge in [0.2, 0.25) is 5.88 Å². The van der Waals surface area contributed by atoms with E-state index >= 15 is 0 Å². The quantitative estimate of drug-likeness (QED) is 0.682. The highest BCUT2D eigenvalue weighted by Crippen LogP contribution is 2.30. The predicted octanol–water partition coefficient (Wildman–Crippen LogP) is 2.48. The van der Waals surface area contributed by atoms with E-state index in [0.29, 0.717) is 51.1 Å². The number of aromatic nitrogens is 2. The molecule has 0 radical (unpaired) electrons. The molecule has 2 heterocycles. The highest BCUT2D eigenvalue weighted by atomic mass is 19.4. The van der Waals surface area contributed by atoms with Gasteiger partial charge in [-0.25, -0.2) is 0 Å². The Labute approximate surface area is 166 Å². The number of piperazine rings is 1. The fourth-order valence-electron chi connectivity index (χ4n) is 2.94. The van der Waals surface area contributed by atoms with Gasteiger partial charge in [-0.2, -0.15) is 13.2 Å². The Morgan fingerprint density at radius 1 is 1.07 bits per heavy atom. The molecule has 1 saturated heterocycles. The molecule has 0 unspecified atom stereocenters. The van der Waals surface area contributed by atoms with Crippen LogP contribution in [0.1, 0.15) is 15.9 Å². The molecule has 1 fully saturated rings. The van der Waals surface area contributed by atoms with Gasteiger partial charge in [0.25, 0.3) is 5.91 Å². The minimum absolute atomic E-state index is 0.0330. The van der Waals surface area contributed by atoms with Crippen molar-refractivity contribution in [2.45, 2.75) is 6.18 Å². The number of methoxy groups -OCH3 is 1. The first-order valence-electron chi connectivity index (χ1n) is 9.05. The summed E-state index contributed by atoms with van der Waals surface area (Å²) < 4.78 is 48.9. The first-order valence-corrected chi connectivity index (χ1v) is 9.05. The molecule has 0 bridgehead atoms. The van der Waals surface area contributed by atoms with E-state index < -0.39 is 17.6 Å². The molecule has 0 saturated carbocycles. The Balaban J connectivity index is 1.57. The largest absolute Gasteiger partial charge is 0.474 e. The van der Waals surface area contributed by atoms with E-state index in [2.05, 4.69) is 10.2 Å². The van der Waals surface area contributed by atoms with Crippen molar-refractivity contribution in [3.05, 3.63) is 47.5 Å². The van der Waals surface area contributed by atoms with Crippen molar-refractivity contribution in [3.8, 4) is 5.88 Å². The maximum absolute atomic E-state index is 12.9. The molecule has 156 valence electrons. The van der Waals surface area contributed by atoms with Gasteiger partial charge in [-0.3, -0.25) is 4.79 Å². The van der Waals surface area contributed by atoms with Crippen molar-refractivity contribution in [3.63, 3.8) is 0 Å². The lowest BCUT2D eigenvalue weighted by Crippen LogP contribution is -2.49. The standard InChI is InChI=1S/C19H21F3N4O3/c1-28-11-12-29-17-6-5-16(23-24-17)25-7-9-26(10-8-25)18(27)14-3-2-4-15(13-14)19(20,21)22/h2-6,13H,7-12H2,1H3. The van der Waals surface area contributed by atoms with Gasteiger partial charge in [0.1, 0.15) is 6.61 Å². The molecule has 3 rings (SSSR count). The van der Waals surface area contributed by atoms with Gasteiger partial charge in [-0.15, -0.1) is 10.2 Å². The lowest BCUT2D eigenvalue weighted by atomic mass is 10.1. The van der Waals surface area contributed by atoms with Crippen LogP contribution in [0.5, 0.6) is 5.88 Å². The summed E-state index contributed by atoms with van der Waals surface area (Å²) in [4.78, 5) is 16.1. The van der Waals surface area contributed by atoms with E-state index in [-0.39, 0.29) is 5.56 Å². The van der Waals surface area contributed by atoms with E-state index in [4.69, 9.17) is 9.47 Å². The third-order valence-electron chi connectivity index (χ3n) is 4.49. The number of carbonyl (C=O) groups is 1. The molecule has 1 aromatic heterocycles. The number of anilines is 1. The Kier molecular flexibility index (Phi) is 6.53. The second-order valence-electron chi connectivity index (χ2n) is 6.43. The number of ether oxygens (including phenoxy) is 2. The van der Waals surface area contributed by atoms with Crippen molar-refractivity contribution in [2.24, 2.45) is 0 Å². The zero-order chi connectivity index (χ0) is 20.9. The zero-order valence-electron chi connectivity index (χ0n) is 15.9. The topological polar surface area (TPSA) is 67.8 Å². The molecule has 7 nitrogen and oxygen atoms in total. The van der Waals surface area contributed by atoms with Gasteiger partial charge in [-0.1, -0.05) is 6.07 Å². The van der Waals surface area contributed by atoms with Crippen molar-refractivity contribution in [1.29, 1.82) is 0 Å². The summed E-state index contributed by atoms with van der Waals surface area (Å²) in [7, 11) is 1.58. The summed E-state index contributed by atoms with van der Waals surface area (Å²) in [5.74, 6) is 0.628. The monoisotopic (exact) mass is 410 g/mol. The number of hydrogen-bond acceptors (Lipinski definition) is 6. The van der Waals surface area contributed by atoms with Crippen LogP contribution >= 0.6 is 0 Å². The minimum atomic E-state index is -4.48. The van der Waals surface area contributed by atoms with Crippen LogP contribution in [0.25, 0.3) is 0 Å². The van der Waals surface area contributed by atoms with Gasteiger partial charge < -0.3 is 19.3 Å². The fourth-order valence-corrected chi connectivity index (χ4v) is 2.94. The average molecular weight is 410 g/mol. The average Bonchev–Trinajstić information content (AvgIpc) is 2.73. The van der Waals surface area contributed by atoms with Gasteiger partial charge in [-0.05, 0) is 24.3 Å². The first-order chi connectivity index (χ1) is 13.9. The Morgan fingerprint density at radius 3 is 2.45 bits per heavy atom. The van der Waals surface area contributed by atoms with Crippen LogP contribution in [-0.2, 0) is 10.9 Å². The molecular weight excluding hydrogens is 389 g/mol. The number of halogens is 3. The molecule has 0 N–H and O–H groups in total. The number of hydrogen-bond donors (Lipinski definition) is 0. The van der Waals surface area contributed by atoms with Gasteiger partial charge in [0.15, 0.2) is 5.82 Å². The fraction of sp³-hybridized carbons (Fsp3) is 0.421. The van der Waals surface area contributed by atoms with Gasteiger partial charge >= 0.3 is 6.18 Å². The third-order valence-corrected chi connectivity index (χ3v) is 4.49. The van der Waals surface area contributed by atoms with Crippen LogP contribution in [0.4, 0.5) is 19.0 Å². The molecule has 1 aliphatic heterocycles. The molecule has 0 aliphatic carbocycles. The summed E-state index contributed by atoms with van der Waals surface area (Å²) in [6.45, 7) is 2.59. The number of benzene rings is 1. The summed E-state index contributed by atoms with van der Waals surface area (Å²) in [6, 6.07) is 7.98. The molecule has 29 heavy (non-hydrogen) atoms. The second-order valence-corrected chi connectivity index (χ2v) is 6.43. The SMILES string of the molecule is COCCOc1ccc(N2CCN(C(=O)c3cccc(C(F)(F)F)c3)CC2)nn1. The summed E-state index contributed by atoms with van der Waals surface area (Å²) in [5.41, 5.74) is -0.796. The number of carbonyl (C=O) groups excluding carboxylic acids is 1. The normalized spacial score (nSPS) is 14.8. The predicted molar refractivity (Wildman–Crippen MR) is 99.0 cm³/mol. The molecule has 1 aliphatic rings. The zero-order valence-corrected chi connectivity index (χ0v) is 15.9. The molecule has 1 amide bonds. The van der Waals surface area contributed by atoms with Crippen molar-refractivity contribution < 1.29 is 27.4 Å². The summed E-state index contributed by atoms with van der Waals surface area (Å²) in [6.07, 6.45) is -4.48. The Hall–Kier alpha value is -2.88. The number of amides is 1. The van der Waals surface area contributed by atoms with Crippen LogP contribution in [0, 0.1) is 0 Å². The Morgan fingerprint density at radius 2 is 1.83 bits per heavy atom. The van der Waals surface area contributed by atoms with Crippen LogP contribution in [0.15, 0.2) is 36.4 Å². The first kappa shape index (κ1) is 20.8. The second kappa shape index (κ2) is 9.08. The summed E-state index contributed by atoms with van der Waals surface area (Å²) in [5, 5.41) is 8.13. The highest BCUT2D eigenvalue weighted by molar-refractivity contribution is 5.94. The molecule has 10 heteroatoms. The van der Waals surface area contributed by atoms with Crippen LogP contribution in [0.2, 0.25) is 0 Å². The molecular formula is C19H21F3N4O3. The minimum Gasteiger partial charge on any atom is -0.474 e. The molecule has 0 atom stereocenters. The molecule has 2 aromatic rings. The maximum atomic E-state index is 12.9. The smallest absolute Gasteiger partial charge is 0.416 e. The van der Waals surface area contributed by atoms with Crippen LogP contribution in [0.3, 0.4) is 0 Å². The van der Waals surface area contributed by atoms with E-state index in [1.807, 2.05) is 4.90 Å². The van der Waals surface area contributed by atoms with Gasteiger partial charge in [0, 0.05) is 44.9 Å². The lowest BCUT2D eigenvalue weighted by Gasteiger charge is -2.35. The van der Waals surface area contributed by atoms with E-state index in [1.165, 1.54) is 12.1 Å². The van der Waals surface area contributed by atoms with E-state index in [9.17, 15) is 18.0 Å². The Bertz CT molecular complexity index is 822. The van der Waals surface area contributed by atoms with Crippen molar-refractivity contribution >= 4 is 11.7 Å². The number of nitrogens with zero attached hydrogens (tertiary/aromatic N) is 4. The third kappa shape index (κ3) is 5.35.